The number of nitrogen functional groups attached to an aromatic ring is 1. The summed E-state index contributed by atoms with van der Waals surface area (Å²) in [6, 6.07) is 3.82. The monoisotopic (exact) mass is 247 g/mol. The number of anilines is 2. The second-order valence-corrected chi connectivity index (χ2v) is 4.25. The molecule has 6 nitrogen and oxygen atoms in total. The molecule has 0 aliphatic carbocycles. The molecule has 0 unspecified atom stereocenters. The smallest absolute Gasteiger partial charge is 0.217 e. The fraction of sp³-hybridized carbons (Fsp3) is 0.333. The molecule has 0 atom stereocenters. The van der Waals surface area contributed by atoms with Crippen molar-refractivity contribution in [1.29, 1.82) is 0 Å². The minimum Gasteiger partial charge on any atom is -0.397 e. The van der Waals surface area contributed by atoms with Gasteiger partial charge in [0, 0.05) is 18.4 Å². The van der Waals surface area contributed by atoms with Crippen LogP contribution in [0, 0.1) is 0 Å². The number of nitrogens with zero attached hydrogens (tertiary/aromatic N) is 1. The van der Waals surface area contributed by atoms with Crippen molar-refractivity contribution < 1.29 is 4.79 Å². The maximum absolute atomic E-state index is 10.6. The van der Waals surface area contributed by atoms with Gasteiger partial charge in [0.15, 0.2) is 0 Å². The summed E-state index contributed by atoms with van der Waals surface area (Å²) < 4.78 is 0. The van der Waals surface area contributed by atoms with Gasteiger partial charge in [-0.15, -0.1) is 0 Å². The van der Waals surface area contributed by atoms with Crippen molar-refractivity contribution in [2.75, 3.05) is 17.6 Å². The SMILES string of the molecule is NC(=O)CCCCNc1cc2[nH]ncc2cc1N. The number of H-pyrrole nitrogens is 1. The van der Waals surface area contributed by atoms with Crippen molar-refractivity contribution in [3.63, 3.8) is 0 Å². The zero-order valence-electron chi connectivity index (χ0n) is 10.1. The Morgan fingerprint density at radius 2 is 2.22 bits per heavy atom. The number of primary amides is 1. The molecule has 18 heavy (non-hydrogen) atoms. The third-order valence-corrected chi connectivity index (χ3v) is 2.78. The van der Waals surface area contributed by atoms with E-state index in [1.165, 1.54) is 0 Å². The average Bonchev–Trinajstić information content (AvgIpc) is 2.75. The first-order chi connectivity index (χ1) is 8.66. The summed E-state index contributed by atoms with van der Waals surface area (Å²) >= 11 is 0. The quantitative estimate of drug-likeness (QED) is 0.454. The molecule has 6 N–H and O–H groups in total. The fourth-order valence-electron chi connectivity index (χ4n) is 1.81. The standard InChI is InChI=1S/C12H17N5O/c13-9-5-8-7-16-17-10(8)6-11(9)15-4-2-1-3-12(14)18/h5-7,15H,1-4,13H2,(H2,14,18)(H,16,17). The van der Waals surface area contributed by atoms with Crippen LogP contribution < -0.4 is 16.8 Å². The van der Waals surface area contributed by atoms with E-state index in [1.807, 2.05) is 12.1 Å². The molecule has 2 rings (SSSR count). The first-order valence-electron chi connectivity index (χ1n) is 5.91. The van der Waals surface area contributed by atoms with Crippen molar-refractivity contribution in [2.45, 2.75) is 19.3 Å². The van der Waals surface area contributed by atoms with E-state index < -0.39 is 0 Å². The number of amides is 1. The zero-order chi connectivity index (χ0) is 13.0. The number of hydrogen-bond donors (Lipinski definition) is 4. The fourth-order valence-corrected chi connectivity index (χ4v) is 1.81. The van der Waals surface area contributed by atoms with Gasteiger partial charge in [0.1, 0.15) is 0 Å². The van der Waals surface area contributed by atoms with E-state index in [2.05, 4.69) is 15.5 Å². The number of carbonyl (C=O) groups excluding carboxylic acids is 1. The molecule has 1 aromatic heterocycles. The second kappa shape index (κ2) is 5.39. The highest BCUT2D eigenvalue weighted by Gasteiger charge is 2.03. The van der Waals surface area contributed by atoms with Crippen molar-refractivity contribution in [2.24, 2.45) is 5.73 Å². The first-order valence-corrected chi connectivity index (χ1v) is 5.91. The van der Waals surface area contributed by atoms with E-state index in [-0.39, 0.29) is 5.91 Å². The molecule has 96 valence electrons. The number of fused-ring (bicyclic) bond motifs is 1. The van der Waals surface area contributed by atoms with Crippen molar-refractivity contribution in [1.82, 2.24) is 10.2 Å². The Bertz CT molecular complexity index is 548. The molecule has 0 saturated heterocycles. The normalized spacial score (nSPS) is 10.7. The molecule has 0 radical (unpaired) electrons. The van der Waals surface area contributed by atoms with Crippen LogP contribution in [0.5, 0.6) is 0 Å². The van der Waals surface area contributed by atoms with Crippen LogP contribution in [0.4, 0.5) is 11.4 Å². The van der Waals surface area contributed by atoms with Crippen LogP contribution in [0.15, 0.2) is 18.3 Å². The van der Waals surface area contributed by atoms with Gasteiger partial charge < -0.3 is 16.8 Å². The third-order valence-electron chi connectivity index (χ3n) is 2.78. The van der Waals surface area contributed by atoms with E-state index in [4.69, 9.17) is 11.5 Å². The summed E-state index contributed by atoms with van der Waals surface area (Å²) in [6.07, 6.45) is 3.83. The third kappa shape index (κ3) is 2.91. The number of nitrogens with one attached hydrogen (secondary N) is 2. The van der Waals surface area contributed by atoms with E-state index >= 15 is 0 Å². The molecule has 1 heterocycles. The lowest BCUT2D eigenvalue weighted by Gasteiger charge is -2.09. The Balaban J connectivity index is 1.90. The molecular formula is C12H17N5O. The number of rotatable bonds is 6. The summed E-state index contributed by atoms with van der Waals surface area (Å²) in [7, 11) is 0. The predicted molar refractivity (Wildman–Crippen MR) is 72.0 cm³/mol. The number of unbranched alkanes of at least 4 members (excludes halogenated alkanes) is 1. The Morgan fingerprint density at radius 1 is 1.39 bits per heavy atom. The summed E-state index contributed by atoms with van der Waals surface area (Å²) in [5, 5.41) is 11.1. The Hall–Kier alpha value is -2.24. The van der Waals surface area contributed by atoms with Crippen molar-refractivity contribution in [3.05, 3.63) is 18.3 Å². The van der Waals surface area contributed by atoms with Crippen LogP contribution in [0.25, 0.3) is 10.9 Å². The average molecular weight is 247 g/mol. The van der Waals surface area contributed by atoms with E-state index in [9.17, 15) is 4.79 Å². The van der Waals surface area contributed by atoms with Gasteiger partial charge in [-0.25, -0.2) is 0 Å². The maximum Gasteiger partial charge on any atom is 0.217 e. The zero-order valence-corrected chi connectivity index (χ0v) is 10.1. The van der Waals surface area contributed by atoms with Gasteiger partial charge >= 0.3 is 0 Å². The number of benzene rings is 1. The highest BCUT2D eigenvalue weighted by molar-refractivity contribution is 5.88. The topological polar surface area (TPSA) is 110 Å². The van der Waals surface area contributed by atoms with Crippen molar-refractivity contribution >= 4 is 28.2 Å². The van der Waals surface area contributed by atoms with Gasteiger partial charge in [-0.05, 0) is 25.0 Å². The van der Waals surface area contributed by atoms with E-state index in [0.29, 0.717) is 12.1 Å². The van der Waals surface area contributed by atoms with Gasteiger partial charge in [0.25, 0.3) is 0 Å². The highest BCUT2D eigenvalue weighted by Crippen LogP contribution is 2.24. The molecule has 1 amide bonds. The second-order valence-electron chi connectivity index (χ2n) is 4.25. The number of aromatic nitrogens is 2. The van der Waals surface area contributed by atoms with Gasteiger partial charge in [0.2, 0.25) is 5.91 Å². The van der Waals surface area contributed by atoms with Crippen LogP contribution in [-0.2, 0) is 4.79 Å². The predicted octanol–water partition coefficient (Wildman–Crippen LogP) is 1.21. The van der Waals surface area contributed by atoms with Gasteiger partial charge in [-0.3, -0.25) is 9.89 Å². The number of hydrogen-bond acceptors (Lipinski definition) is 4. The molecule has 6 heteroatoms. The van der Waals surface area contributed by atoms with Crippen LogP contribution in [0.1, 0.15) is 19.3 Å². The van der Waals surface area contributed by atoms with Crippen LogP contribution in [-0.4, -0.2) is 22.6 Å². The minimum atomic E-state index is -0.256. The highest BCUT2D eigenvalue weighted by atomic mass is 16.1. The Morgan fingerprint density at radius 3 is 3.00 bits per heavy atom. The first kappa shape index (κ1) is 12.2. The molecule has 2 aromatic rings. The summed E-state index contributed by atoms with van der Waals surface area (Å²) in [4.78, 5) is 10.6. The molecule has 0 bridgehead atoms. The number of carbonyl (C=O) groups is 1. The largest absolute Gasteiger partial charge is 0.397 e. The number of nitrogens with two attached hydrogens (primary N) is 2. The molecular weight excluding hydrogens is 230 g/mol. The molecule has 0 spiro atoms. The summed E-state index contributed by atoms with van der Waals surface area (Å²) in [5.74, 6) is -0.256. The van der Waals surface area contributed by atoms with Gasteiger partial charge in [0.05, 0.1) is 23.1 Å². The maximum atomic E-state index is 10.6. The molecule has 0 aliphatic rings. The van der Waals surface area contributed by atoms with Crippen LogP contribution in [0.2, 0.25) is 0 Å². The van der Waals surface area contributed by atoms with Crippen molar-refractivity contribution in [3.8, 4) is 0 Å². The lowest BCUT2D eigenvalue weighted by Crippen LogP contribution is -2.11. The molecule has 0 fully saturated rings. The molecule has 1 aromatic carbocycles. The van der Waals surface area contributed by atoms with Crippen LogP contribution in [0.3, 0.4) is 0 Å². The lowest BCUT2D eigenvalue weighted by atomic mass is 10.2. The Labute approximate surface area is 105 Å². The van der Waals surface area contributed by atoms with E-state index in [1.54, 1.807) is 6.20 Å². The van der Waals surface area contributed by atoms with Gasteiger partial charge in [-0.2, -0.15) is 5.10 Å². The summed E-state index contributed by atoms with van der Waals surface area (Å²) in [6.45, 7) is 0.761. The lowest BCUT2D eigenvalue weighted by molar-refractivity contribution is -0.118. The van der Waals surface area contributed by atoms with E-state index in [0.717, 1.165) is 36.0 Å². The van der Waals surface area contributed by atoms with Gasteiger partial charge in [-0.1, -0.05) is 0 Å². The minimum absolute atomic E-state index is 0.256. The summed E-state index contributed by atoms with van der Waals surface area (Å²) in [5.41, 5.74) is 13.5. The Kier molecular flexibility index (Phi) is 3.66. The van der Waals surface area contributed by atoms with Crippen LogP contribution >= 0.6 is 0 Å². The molecule has 0 aliphatic heterocycles. The number of aromatic amines is 1. The molecule has 0 saturated carbocycles.